The van der Waals surface area contributed by atoms with Crippen LogP contribution in [0.15, 0.2) is 12.2 Å². The lowest BCUT2D eigenvalue weighted by atomic mass is 9.92. The molecule has 0 aromatic rings. The Bertz CT molecular complexity index is 449. The minimum absolute atomic E-state index is 0.109. The highest BCUT2D eigenvalue weighted by Crippen LogP contribution is 2.21. The lowest BCUT2D eigenvalue weighted by Gasteiger charge is -2.30. The molecule has 11 nitrogen and oxygen atoms in total. The van der Waals surface area contributed by atoms with Gasteiger partial charge in [-0.25, -0.2) is 9.59 Å². The van der Waals surface area contributed by atoms with Crippen LogP contribution in [0, 0.1) is 10.1 Å². The van der Waals surface area contributed by atoms with Crippen molar-refractivity contribution < 1.29 is 34.5 Å². The molecule has 5 N–H and O–H groups in total. The van der Waals surface area contributed by atoms with E-state index in [1.807, 2.05) is 0 Å². The van der Waals surface area contributed by atoms with Crippen molar-refractivity contribution in [1.82, 2.24) is 5.32 Å². The van der Waals surface area contributed by atoms with Crippen molar-refractivity contribution in [3.05, 3.63) is 22.3 Å². The van der Waals surface area contributed by atoms with E-state index in [0.717, 1.165) is 12.8 Å². The number of amides is 1. The second kappa shape index (κ2) is 11.0. The third-order valence-electron chi connectivity index (χ3n) is 2.82. The predicted octanol–water partition coefficient (Wildman–Crippen LogP) is -0.707. The third-order valence-corrected chi connectivity index (χ3v) is 2.82. The number of carbonyl (C=O) groups is 3. The van der Waals surface area contributed by atoms with Crippen LogP contribution in [0.4, 0.5) is 0 Å². The van der Waals surface area contributed by atoms with Crippen molar-refractivity contribution in [3.8, 4) is 0 Å². The van der Waals surface area contributed by atoms with Crippen molar-refractivity contribution in [2.75, 3.05) is 6.54 Å². The van der Waals surface area contributed by atoms with E-state index < -0.39 is 23.1 Å². The summed E-state index contributed by atoms with van der Waals surface area (Å²) in [6, 6.07) is -0.291. The lowest BCUT2D eigenvalue weighted by Crippen LogP contribution is -2.48. The zero-order valence-electron chi connectivity index (χ0n) is 12.2. The Kier molecular flexibility index (Phi) is 9.67. The number of hydrogen-bond acceptors (Lipinski definition) is 7. The van der Waals surface area contributed by atoms with Gasteiger partial charge in [0.25, 0.3) is 5.09 Å². The van der Waals surface area contributed by atoms with Gasteiger partial charge in [0.1, 0.15) is 6.10 Å². The van der Waals surface area contributed by atoms with E-state index in [9.17, 15) is 24.5 Å². The Morgan fingerprint density at radius 1 is 1.22 bits per heavy atom. The average molecular weight is 333 g/mol. The summed E-state index contributed by atoms with van der Waals surface area (Å²) in [6.45, 7) is -0.109. The summed E-state index contributed by atoms with van der Waals surface area (Å²) in [5.74, 6) is -2.82. The summed E-state index contributed by atoms with van der Waals surface area (Å²) in [5, 5.41) is 27.7. The molecule has 1 amide bonds. The second-order valence-corrected chi connectivity index (χ2v) is 4.54. The van der Waals surface area contributed by atoms with Crippen LogP contribution < -0.4 is 11.1 Å². The highest BCUT2D eigenvalue weighted by Gasteiger charge is 2.28. The summed E-state index contributed by atoms with van der Waals surface area (Å²) < 4.78 is 0. The molecular formula is C12H19N3O8. The molecule has 0 spiro atoms. The van der Waals surface area contributed by atoms with Crippen LogP contribution >= 0.6 is 0 Å². The van der Waals surface area contributed by atoms with Crippen LogP contribution in [0.2, 0.25) is 0 Å². The van der Waals surface area contributed by atoms with Gasteiger partial charge in [-0.3, -0.25) is 4.79 Å². The van der Waals surface area contributed by atoms with Crippen molar-refractivity contribution in [1.29, 1.82) is 0 Å². The molecule has 0 saturated heterocycles. The van der Waals surface area contributed by atoms with Gasteiger partial charge in [-0.05, 0) is 12.8 Å². The van der Waals surface area contributed by atoms with Gasteiger partial charge in [0.2, 0.25) is 5.91 Å². The van der Waals surface area contributed by atoms with E-state index in [1.165, 1.54) is 0 Å². The summed E-state index contributed by atoms with van der Waals surface area (Å²) in [5.41, 5.74) is 5.15. The van der Waals surface area contributed by atoms with Crippen LogP contribution in [0.3, 0.4) is 0 Å². The first-order chi connectivity index (χ1) is 10.8. The molecule has 0 heterocycles. The molecule has 0 bridgehead atoms. The average Bonchev–Trinajstić information content (AvgIpc) is 2.47. The monoisotopic (exact) mass is 333 g/mol. The fourth-order valence-electron chi connectivity index (χ4n) is 1.91. The molecule has 2 atom stereocenters. The Labute approximate surface area is 131 Å². The number of nitrogens with zero attached hydrogens (tertiary/aromatic N) is 1. The van der Waals surface area contributed by atoms with Crippen LogP contribution in [0.25, 0.3) is 0 Å². The fraction of sp³-hybridized carbons (Fsp3) is 0.583. The molecule has 1 aliphatic rings. The number of aliphatic carboxylic acids is 2. The third kappa shape index (κ3) is 10.6. The number of carboxylic acids is 2. The normalized spacial score (nSPS) is 20.0. The Balaban J connectivity index is 0.000000515. The topological polar surface area (TPSA) is 182 Å². The standard InChI is InChI=1S/C8H15N3O4.C4H4O4/c9-5-8(12)10-6-3-1-2-4-7(6)15-11(13)14;5-3(6)1-2-4(7)8/h6-7H,1-5,9H2,(H,10,12);1-2H,(H,5,6)(H,7,8). The number of carbonyl (C=O) groups excluding carboxylic acids is 1. The molecule has 1 saturated carbocycles. The first-order valence-electron chi connectivity index (χ1n) is 6.70. The first kappa shape index (κ1) is 20.3. The number of nitrogens with two attached hydrogens (primary N) is 1. The smallest absolute Gasteiger partial charge is 0.328 e. The molecule has 1 rings (SSSR count). The van der Waals surface area contributed by atoms with E-state index in [4.69, 9.17) is 15.9 Å². The first-order valence-corrected chi connectivity index (χ1v) is 6.70. The van der Waals surface area contributed by atoms with E-state index in [1.54, 1.807) is 0 Å². The molecule has 1 fully saturated rings. The van der Waals surface area contributed by atoms with Crippen LogP contribution in [-0.2, 0) is 19.2 Å². The fourth-order valence-corrected chi connectivity index (χ4v) is 1.91. The Morgan fingerprint density at radius 3 is 2.17 bits per heavy atom. The maximum Gasteiger partial charge on any atom is 0.328 e. The van der Waals surface area contributed by atoms with E-state index in [0.29, 0.717) is 25.0 Å². The van der Waals surface area contributed by atoms with Gasteiger partial charge in [-0.1, -0.05) is 12.8 Å². The number of hydrogen-bond donors (Lipinski definition) is 4. The van der Waals surface area contributed by atoms with Gasteiger partial charge in [-0.2, -0.15) is 0 Å². The summed E-state index contributed by atoms with van der Waals surface area (Å²) >= 11 is 0. The molecule has 130 valence electrons. The number of carboxylic acid groups (broad SMARTS) is 2. The number of rotatable bonds is 6. The molecule has 0 aliphatic heterocycles. The molecule has 1 aliphatic carbocycles. The second-order valence-electron chi connectivity index (χ2n) is 4.54. The maximum atomic E-state index is 11.0. The highest BCUT2D eigenvalue weighted by molar-refractivity contribution is 5.89. The van der Waals surface area contributed by atoms with Gasteiger partial charge in [-0.15, -0.1) is 10.1 Å². The summed E-state index contributed by atoms with van der Waals surface area (Å²) in [4.78, 5) is 44.9. The van der Waals surface area contributed by atoms with E-state index >= 15 is 0 Å². The van der Waals surface area contributed by atoms with Crippen molar-refractivity contribution in [3.63, 3.8) is 0 Å². The highest BCUT2D eigenvalue weighted by atomic mass is 17.0. The molecule has 11 heteroatoms. The van der Waals surface area contributed by atoms with E-state index in [-0.39, 0.29) is 18.5 Å². The number of nitrogens with one attached hydrogen (secondary N) is 1. The molecule has 0 aromatic carbocycles. The lowest BCUT2D eigenvalue weighted by molar-refractivity contribution is -0.770. The predicted molar refractivity (Wildman–Crippen MR) is 75.7 cm³/mol. The minimum atomic E-state index is -1.26. The Hall–Kier alpha value is -2.69. The van der Waals surface area contributed by atoms with Crippen LogP contribution in [0.1, 0.15) is 25.7 Å². The molecule has 2 unspecified atom stereocenters. The quantitative estimate of drug-likeness (QED) is 0.277. The molecule has 0 radical (unpaired) electrons. The molecule has 0 aromatic heterocycles. The summed E-state index contributed by atoms with van der Waals surface area (Å²) in [6.07, 6.45) is 3.69. The van der Waals surface area contributed by atoms with Crippen LogP contribution in [0.5, 0.6) is 0 Å². The SMILES string of the molecule is NCC(=O)NC1CCCCC1O[N+](=O)[O-].O=C(O)C=CC(=O)O. The van der Waals surface area contributed by atoms with Gasteiger partial charge >= 0.3 is 11.9 Å². The maximum absolute atomic E-state index is 11.0. The van der Waals surface area contributed by atoms with E-state index in [2.05, 4.69) is 10.2 Å². The minimum Gasteiger partial charge on any atom is -0.478 e. The zero-order valence-corrected chi connectivity index (χ0v) is 12.2. The molecule has 23 heavy (non-hydrogen) atoms. The largest absolute Gasteiger partial charge is 0.478 e. The van der Waals surface area contributed by atoms with Crippen molar-refractivity contribution in [2.24, 2.45) is 5.73 Å². The van der Waals surface area contributed by atoms with Crippen LogP contribution in [-0.4, -0.2) is 51.8 Å². The zero-order chi connectivity index (χ0) is 17.8. The van der Waals surface area contributed by atoms with Gasteiger partial charge in [0.05, 0.1) is 12.6 Å². The van der Waals surface area contributed by atoms with Crippen molar-refractivity contribution in [2.45, 2.75) is 37.8 Å². The van der Waals surface area contributed by atoms with Gasteiger partial charge < -0.3 is 26.1 Å². The summed E-state index contributed by atoms with van der Waals surface area (Å²) in [7, 11) is 0. The molecular weight excluding hydrogens is 314 g/mol. The Morgan fingerprint density at radius 2 is 1.74 bits per heavy atom. The van der Waals surface area contributed by atoms with Gasteiger partial charge in [0.15, 0.2) is 0 Å². The van der Waals surface area contributed by atoms with Crippen molar-refractivity contribution >= 4 is 17.8 Å². The van der Waals surface area contributed by atoms with Gasteiger partial charge in [0, 0.05) is 12.2 Å².